The number of carbonyl (C=O) groups is 2. The molecule has 22 heavy (non-hydrogen) atoms. The number of primary amides is 1. The summed E-state index contributed by atoms with van der Waals surface area (Å²) in [6, 6.07) is 13.5. The molecule has 0 fully saturated rings. The summed E-state index contributed by atoms with van der Waals surface area (Å²) in [6.07, 6.45) is 0. The average molecular weight is 299 g/mol. The normalized spacial score (nSPS) is 10.0. The molecule has 0 bridgehead atoms. The number of esters is 1. The number of carbonyl (C=O) groups excluding carboxylic acids is 2. The Morgan fingerprint density at radius 3 is 2.36 bits per heavy atom. The summed E-state index contributed by atoms with van der Waals surface area (Å²) in [5, 5.41) is 0. The van der Waals surface area contributed by atoms with Crippen LogP contribution in [0.3, 0.4) is 0 Å². The molecule has 5 heteroatoms. The lowest BCUT2D eigenvalue weighted by atomic mass is 10.1. The van der Waals surface area contributed by atoms with Crippen molar-refractivity contribution in [2.75, 3.05) is 6.61 Å². The number of ether oxygens (including phenoxy) is 2. The summed E-state index contributed by atoms with van der Waals surface area (Å²) >= 11 is 0. The van der Waals surface area contributed by atoms with Gasteiger partial charge in [0.1, 0.15) is 17.9 Å². The summed E-state index contributed by atoms with van der Waals surface area (Å²) in [7, 11) is 0. The lowest BCUT2D eigenvalue weighted by Crippen LogP contribution is -2.11. The molecule has 2 N–H and O–H groups in total. The van der Waals surface area contributed by atoms with E-state index in [1.807, 2.05) is 6.92 Å². The standard InChI is InChI=1S/C17H17NO4/c1-2-21-15-6-4-3-5-14(15)17(20)22-11-12-7-9-13(10-8-12)16(18)19/h3-10H,2,11H2,1H3,(H2,18,19). The number of benzene rings is 2. The summed E-state index contributed by atoms with van der Waals surface area (Å²) in [4.78, 5) is 23.1. The van der Waals surface area contributed by atoms with Crippen molar-refractivity contribution < 1.29 is 19.1 Å². The van der Waals surface area contributed by atoms with Crippen molar-refractivity contribution in [3.63, 3.8) is 0 Å². The van der Waals surface area contributed by atoms with Gasteiger partial charge in [-0.05, 0) is 36.8 Å². The van der Waals surface area contributed by atoms with E-state index in [0.717, 1.165) is 5.56 Å². The zero-order valence-electron chi connectivity index (χ0n) is 12.2. The Morgan fingerprint density at radius 1 is 1.05 bits per heavy atom. The van der Waals surface area contributed by atoms with Crippen LogP contribution in [0, 0.1) is 0 Å². The van der Waals surface area contributed by atoms with Gasteiger partial charge in [0.15, 0.2) is 0 Å². The summed E-state index contributed by atoms with van der Waals surface area (Å²) in [5.74, 6) is -0.448. The fourth-order valence-electron chi connectivity index (χ4n) is 1.91. The van der Waals surface area contributed by atoms with Gasteiger partial charge in [0.2, 0.25) is 5.91 Å². The topological polar surface area (TPSA) is 78.6 Å². The summed E-state index contributed by atoms with van der Waals surface area (Å²) < 4.78 is 10.7. The van der Waals surface area contributed by atoms with Crippen LogP contribution in [-0.2, 0) is 11.3 Å². The van der Waals surface area contributed by atoms with Crippen LogP contribution in [0.2, 0.25) is 0 Å². The minimum atomic E-state index is -0.491. The highest BCUT2D eigenvalue weighted by molar-refractivity contribution is 5.93. The number of para-hydroxylation sites is 1. The molecule has 0 aliphatic carbocycles. The third-order valence-corrected chi connectivity index (χ3v) is 3.02. The summed E-state index contributed by atoms with van der Waals surface area (Å²) in [5.41, 5.74) is 6.74. The zero-order valence-corrected chi connectivity index (χ0v) is 12.2. The van der Waals surface area contributed by atoms with Crippen LogP contribution >= 0.6 is 0 Å². The van der Waals surface area contributed by atoms with Crippen LogP contribution in [0.1, 0.15) is 33.2 Å². The average Bonchev–Trinajstić information content (AvgIpc) is 2.54. The Bertz CT molecular complexity index is 665. The van der Waals surface area contributed by atoms with E-state index in [0.29, 0.717) is 23.5 Å². The monoisotopic (exact) mass is 299 g/mol. The number of amides is 1. The lowest BCUT2D eigenvalue weighted by Gasteiger charge is -2.10. The zero-order chi connectivity index (χ0) is 15.9. The van der Waals surface area contributed by atoms with Crippen LogP contribution < -0.4 is 10.5 Å². The van der Waals surface area contributed by atoms with Gasteiger partial charge in [-0.25, -0.2) is 4.79 Å². The van der Waals surface area contributed by atoms with E-state index in [1.54, 1.807) is 48.5 Å². The molecule has 0 heterocycles. The minimum Gasteiger partial charge on any atom is -0.493 e. The van der Waals surface area contributed by atoms with Gasteiger partial charge in [0.05, 0.1) is 6.61 Å². The first-order chi connectivity index (χ1) is 10.6. The molecule has 0 radical (unpaired) electrons. The number of hydrogen-bond donors (Lipinski definition) is 1. The van der Waals surface area contributed by atoms with Gasteiger partial charge < -0.3 is 15.2 Å². The molecule has 0 aromatic heterocycles. The Morgan fingerprint density at radius 2 is 1.73 bits per heavy atom. The highest BCUT2D eigenvalue weighted by Gasteiger charge is 2.13. The Kier molecular flexibility index (Phi) is 5.14. The molecule has 2 rings (SSSR count). The number of hydrogen-bond acceptors (Lipinski definition) is 4. The smallest absolute Gasteiger partial charge is 0.342 e. The van der Waals surface area contributed by atoms with Crippen molar-refractivity contribution >= 4 is 11.9 Å². The van der Waals surface area contributed by atoms with Crippen molar-refractivity contribution in [3.05, 3.63) is 65.2 Å². The third kappa shape index (κ3) is 3.85. The molecule has 2 aromatic carbocycles. The highest BCUT2D eigenvalue weighted by atomic mass is 16.5. The first-order valence-corrected chi connectivity index (χ1v) is 6.89. The van der Waals surface area contributed by atoms with Crippen LogP contribution in [0.5, 0.6) is 5.75 Å². The minimum absolute atomic E-state index is 0.109. The predicted molar refractivity (Wildman–Crippen MR) is 81.7 cm³/mol. The van der Waals surface area contributed by atoms with Crippen LogP contribution in [-0.4, -0.2) is 18.5 Å². The molecule has 0 spiro atoms. The van der Waals surface area contributed by atoms with E-state index < -0.39 is 11.9 Å². The molecular formula is C17H17NO4. The van der Waals surface area contributed by atoms with Gasteiger partial charge in [0.25, 0.3) is 0 Å². The van der Waals surface area contributed by atoms with E-state index in [1.165, 1.54) is 0 Å². The van der Waals surface area contributed by atoms with Crippen molar-refractivity contribution in [1.29, 1.82) is 0 Å². The van der Waals surface area contributed by atoms with E-state index in [2.05, 4.69) is 0 Å². The van der Waals surface area contributed by atoms with Gasteiger partial charge >= 0.3 is 5.97 Å². The molecule has 0 unspecified atom stereocenters. The second kappa shape index (κ2) is 7.26. The molecular weight excluding hydrogens is 282 g/mol. The Labute approximate surface area is 128 Å². The molecule has 0 aliphatic rings. The van der Waals surface area contributed by atoms with Crippen molar-refractivity contribution in [3.8, 4) is 5.75 Å². The summed E-state index contributed by atoms with van der Waals surface area (Å²) in [6.45, 7) is 2.43. The Hall–Kier alpha value is -2.82. The van der Waals surface area contributed by atoms with E-state index >= 15 is 0 Å². The quantitative estimate of drug-likeness (QED) is 0.831. The van der Waals surface area contributed by atoms with E-state index in [-0.39, 0.29) is 6.61 Å². The predicted octanol–water partition coefficient (Wildman–Crippen LogP) is 2.54. The molecule has 1 amide bonds. The first kappa shape index (κ1) is 15.6. The molecule has 0 saturated heterocycles. The number of nitrogens with two attached hydrogens (primary N) is 1. The lowest BCUT2D eigenvalue weighted by molar-refractivity contribution is 0.0468. The van der Waals surface area contributed by atoms with Crippen LogP contribution in [0.25, 0.3) is 0 Å². The van der Waals surface area contributed by atoms with Crippen molar-refractivity contribution in [2.24, 2.45) is 5.73 Å². The maximum absolute atomic E-state index is 12.1. The third-order valence-electron chi connectivity index (χ3n) is 3.02. The highest BCUT2D eigenvalue weighted by Crippen LogP contribution is 2.19. The second-order valence-corrected chi connectivity index (χ2v) is 4.57. The van der Waals surface area contributed by atoms with E-state index in [4.69, 9.17) is 15.2 Å². The van der Waals surface area contributed by atoms with Crippen molar-refractivity contribution in [2.45, 2.75) is 13.5 Å². The van der Waals surface area contributed by atoms with E-state index in [9.17, 15) is 9.59 Å². The van der Waals surface area contributed by atoms with Gasteiger partial charge in [-0.15, -0.1) is 0 Å². The van der Waals surface area contributed by atoms with Gasteiger partial charge in [-0.2, -0.15) is 0 Å². The second-order valence-electron chi connectivity index (χ2n) is 4.57. The molecule has 2 aromatic rings. The van der Waals surface area contributed by atoms with Gasteiger partial charge in [-0.1, -0.05) is 24.3 Å². The molecule has 114 valence electrons. The van der Waals surface area contributed by atoms with Crippen LogP contribution in [0.15, 0.2) is 48.5 Å². The van der Waals surface area contributed by atoms with Gasteiger partial charge in [-0.3, -0.25) is 4.79 Å². The fourth-order valence-corrected chi connectivity index (χ4v) is 1.91. The maximum Gasteiger partial charge on any atom is 0.342 e. The van der Waals surface area contributed by atoms with Gasteiger partial charge in [0, 0.05) is 5.56 Å². The SMILES string of the molecule is CCOc1ccccc1C(=O)OCc1ccc(C(N)=O)cc1. The molecule has 0 saturated carbocycles. The number of rotatable bonds is 6. The van der Waals surface area contributed by atoms with Crippen molar-refractivity contribution in [1.82, 2.24) is 0 Å². The Balaban J connectivity index is 2.02. The molecule has 0 aliphatic heterocycles. The largest absolute Gasteiger partial charge is 0.493 e. The van der Waals surface area contributed by atoms with Crippen LogP contribution in [0.4, 0.5) is 0 Å². The fraction of sp³-hybridized carbons (Fsp3) is 0.176. The maximum atomic E-state index is 12.1. The molecule has 0 atom stereocenters. The first-order valence-electron chi connectivity index (χ1n) is 6.89. The molecule has 5 nitrogen and oxygen atoms in total.